The molecule has 4 heteroatoms. The minimum atomic E-state index is -0.104. The summed E-state index contributed by atoms with van der Waals surface area (Å²) < 4.78 is 5.72. The van der Waals surface area contributed by atoms with Gasteiger partial charge in [0.05, 0.1) is 0 Å². The number of hydrogen-bond donors (Lipinski definition) is 1. The van der Waals surface area contributed by atoms with E-state index in [1.54, 1.807) is 24.3 Å². The second-order valence-corrected chi connectivity index (χ2v) is 6.13. The van der Waals surface area contributed by atoms with Gasteiger partial charge in [0.25, 0.3) is 0 Å². The van der Waals surface area contributed by atoms with Crippen molar-refractivity contribution in [1.82, 2.24) is 0 Å². The van der Waals surface area contributed by atoms with Crippen LogP contribution in [-0.2, 0) is 4.79 Å². The van der Waals surface area contributed by atoms with Crippen molar-refractivity contribution in [3.63, 3.8) is 0 Å². The van der Waals surface area contributed by atoms with Crippen LogP contribution in [0.2, 0.25) is 0 Å². The molecule has 0 unspecified atom stereocenters. The highest BCUT2D eigenvalue weighted by molar-refractivity contribution is 5.96. The maximum absolute atomic E-state index is 12.1. The van der Waals surface area contributed by atoms with Gasteiger partial charge in [-0.3, -0.25) is 9.59 Å². The fourth-order valence-electron chi connectivity index (χ4n) is 2.63. The molecule has 0 aromatic heterocycles. The molecule has 0 heterocycles. The van der Waals surface area contributed by atoms with Crippen LogP contribution in [0.15, 0.2) is 84.9 Å². The summed E-state index contributed by atoms with van der Waals surface area (Å²) in [6.45, 7) is 0. The number of hydrogen-bond acceptors (Lipinski definition) is 3. The molecule has 0 fully saturated rings. The van der Waals surface area contributed by atoms with Crippen molar-refractivity contribution in [1.29, 1.82) is 0 Å². The molecule has 3 rings (SSSR count). The number of carbonyl (C=O) groups excluding carboxylic acids is 2. The van der Waals surface area contributed by atoms with E-state index in [9.17, 15) is 9.59 Å². The maximum Gasteiger partial charge on any atom is 0.224 e. The molecule has 0 aliphatic carbocycles. The number of rotatable bonds is 8. The predicted molar refractivity (Wildman–Crippen MR) is 106 cm³/mol. The highest BCUT2D eigenvalue weighted by atomic mass is 16.5. The summed E-state index contributed by atoms with van der Waals surface area (Å²) in [6, 6.07) is 25.9. The molecule has 0 aliphatic heterocycles. The number of Topliss-reactive ketones (excluding diaryl/α,β-unsaturated/α-hetero) is 1. The van der Waals surface area contributed by atoms with E-state index in [1.807, 2.05) is 60.7 Å². The fourth-order valence-corrected chi connectivity index (χ4v) is 2.63. The van der Waals surface area contributed by atoms with E-state index in [0.29, 0.717) is 36.3 Å². The van der Waals surface area contributed by atoms with E-state index in [-0.39, 0.29) is 11.7 Å². The third kappa shape index (κ3) is 5.82. The van der Waals surface area contributed by atoms with Crippen molar-refractivity contribution in [2.45, 2.75) is 19.3 Å². The van der Waals surface area contributed by atoms with Crippen LogP contribution < -0.4 is 10.1 Å². The van der Waals surface area contributed by atoms with Gasteiger partial charge < -0.3 is 10.1 Å². The highest BCUT2D eigenvalue weighted by Gasteiger charge is 2.08. The molecule has 0 saturated heterocycles. The summed E-state index contributed by atoms with van der Waals surface area (Å²) in [5, 5.41) is 2.84. The quantitative estimate of drug-likeness (QED) is 0.543. The largest absolute Gasteiger partial charge is 0.457 e. The predicted octanol–water partition coefficient (Wildman–Crippen LogP) is 5.47. The van der Waals surface area contributed by atoms with Crippen molar-refractivity contribution in [3.05, 3.63) is 90.5 Å². The van der Waals surface area contributed by atoms with E-state index in [4.69, 9.17) is 4.74 Å². The van der Waals surface area contributed by atoms with Crippen LogP contribution in [0.5, 0.6) is 11.5 Å². The van der Waals surface area contributed by atoms with Crippen LogP contribution in [0, 0.1) is 0 Å². The van der Waals surface area contributed by atoms with E-state index < -0.39 is 0 Å². The van der Waals surface area contributed by atoms with Gasteiger partial charge in [0, 0.05) is 24.1 Å². The maximum atomic E-state index is 12.1. The summed E-state index contributed by atoms with van der Waals surface area (Å²) in [4.78, 5) is 24.1. The average molecular weight is 359 g/mol. The Hall–Kier alpha value is -3.40. The highest BCUT2D eigenvalue weighted by Crippen LogP contribution is 2.22. The zero-order chi connectivity index (χ0) is 18.9. The van der Waals surface area contributed by atoms with Gasteiger partial charge in [0.2, 0.25) is 5.91 Å². The van der Waals surface area contributed by atoms with Crippen LogP contribution in [0.1, 0.15) is 29.6 Å². The normalized spacial score (nSPS) is 10.2. The molecule has 0 saturated carbocycles. The first-order valence-electron chi connectivity index (χ1n) is 8.92. The van der Waals surface area contributed by atoms with Crippen molar-refractivity contribution in [2.75, 3.05) is 5.32 Å². The number of anilines is 1. The molecule has 1 N–H and O–H groups in total. The number of ketones is 1. The third-order valence-electron chi connectivity index (χ3n) is 4.02. The van der Waals surface area contributed by atoms with Gasteiger partial charge in [-0.25, -0.2) is 0 Å². The molecule has 0 atom stereocenters. The Morgan fingerprint density at radius 3 is 1.96 bits per heavy atom. The smallest absolute Gasteiger partial charge is 0.224 e. The van der Waals surface area contributed by atoms with Gasteiger partial charge in [-0.05, 0) is 42.8 Å². The lowest BCUT2D eigenvalue weighted by Gasteiger charge is -2.08. The van der Waals surface area contributed by atoms with Gasteiger partial charge in [0.1, 0.15) is 11.5 Å². The van der Waals surface area contributed by atoms with Crippen molar-refractivity contribution in [2.24, 2.45) is 0 Å². The van der Waals surface area contributed by atoms with Gasteiger partial charge in [-0.1, -0.05) is 48.5 Å². The van der Waals surface area contributed by atoms with Gasteiger partial charge in [-0.2, -0.15) is 0 Å². The van der Waals surface area contributed by atoms with Crippen molar-refractivity contribution < 1.29 is 14.3 Å². The third-order valence-corrected chi connectivity index (χ3v) is 4.02. The monoisotopic (exact) mass is 359 g/mol. The molecular weight excluding hydrogens is 338 g/mol. The van der Waals surface area contributed by atoms with Crippen LogP contribution in [0.25, 0.3) is 0 Å². The average Bonchev–Trinajstić information content (AvgIpc) is 2.71. The Bertz CT molecular complexity index is 875. The van der Waals surface area contributed by atoms with Crippen molar-refractivity contribution >= 4 is 17.4 Å². The first-order valence-corrected chi connectivity index (χ1v) is 8.92. The Morgan fingerprint density at radius 2 is 1.30 bits per heavy atom. The molecule has 0 spiro atoms. The molecule has 136 valence electrons. The minimum absolute atomic E-state index is 0.0609. The molecule has 3 aromatic carbocycles. The number of benzene rings is 3. The Kier molecular flexibility index (Phi) is 6.36. The topological polar surface area (TPSA) is 55.4 Å². The second-order valence-electron chi connectivity index (χ2n) is 6.13. The molecule has 1 amide bonds. The Balaban J connectivity index is 1.43. The number of amides is 1. The number of ether oxygens (including phenoxy) is 1. The van der Waals surface area contributed by atoms with E-state index >= 15 is 0 Å². The first kappa shape index (κ1) is 18.4. The van der Waals surface area contributed by atoms with Gasteiger partial charge >= 0.3 is 0 Å². The molecule has 0 aliphatic rings. The second kappa shape index (κ2) is 9.34. The van der Waals surface area contributed by atoms with Crippen LogP contribution >= 0.6 is 0 Å². The van der Waals surface area contributed by atoms with Gasteiger partial charge in [0.15, 0.2) is 5.78 Å². The molecular formula is C23H21NO3. The first-order chi connectivity index (χ1) is 13.2. The SMILES string of the molecule is O=C(CCCC(=O)c1ccccc1)Nc1ccc(Oc2ccccc2)cc1. The van der Waals surface area contributed by atoms with E-state index in [1.165, 1.54) is 0 Å². The van der Waals surface area contributed by atoms with E-state index in [2.05, 4.69) is 5.32 Å². The lowest BCUT2D eigenvalue weighted by molar-refractivity contribution is -0.116. The molecule has 0 radical (unpaired) electrons. The fraction of sp³-hybridized carbons (Fsp3) is 0.130. The van der Waals surface area contributed by atoms with Crippen molar-refractivity contribution in [3.8, 4) is 11.5 Å². The summed E-state index contributed by atoms with van der Waals surface area (Å²) >= 11 is 0. The molecule has 3 aromatic rings. The number of para-hydroxylation sites is 1. The van der Waals surface area contributed by atoms with Crippen LogP contribution in [0.4, 0.5) is 5.69 Å². The van der Waals surface area contributed by atoms with Gasteiger partial charge in [-0.15, -0.1) is 0 Å². The molecule has 27 heavy (non-hydrogen) atoms. The van der Waals surface area contributed by atoms with E-state index in [0.717, 1.165) is 5.75 Å². The summed E-state index contributed by atoms with van der Waals surface area (Å²) in [5.41, 5.74) is 1.39. The standard InChI is InChI=1S/C23H21NO3/c25-22(18-8-3-1-4-9-18)12-7-13-23(26)24-19-14-16-21(17-15-19)27-20-10-5-2-6-11-20/h1-6,8-11,14-17H,7,12-13H2,(H,24,26). The molecule has 0 bridgehead atoms. The number of nitrogens with one attached hydrogen (secondary N) is 1. The Morgan fingerprint density at radius 1 is 0.704 bits per heavy atom. The lowest BCUT2D eigenvalue weighted by atomic mass is 10.1. The molecule has 4 nitrogen and oxygen atoms in total. The zero-order valence-corrected chi connectivity index (χ0v) is 14.9. The van der Waals surface area contributed by atoms with Crippen LogP contribution in [-0.4, -0.2) is 11.7 Å². The minimum Gasteiger partial charge on any atom is -0.457 e. The van der Waals surface area contributed by atoms with Crippen LogP contribution in [0.3, 0.4) is 0 Å². The lowest BCUT2D eigenvalue weighted by Crippen LogP contribution is -2.12. The summed E-state index contributed by atoms with van der Waals surface area (Å²) in [5.74, 6) is 1.42. The number of carbonyl (C=O) groups is 2. The Labute approximate surface area is 158 Å². The summed E-state index contributed by atoms with van der Waals surface area (Å²) in [6.07, 6.45) is 1.19. The summed E-state index contributed by atoms with van der Waals surface area (Å²) in [7, 11) is 0. The zero-order valence-electron chi connectivity index (χ0n) is 14.9.